The molecule has 0 aliphatic carbocycles. The average Bonchev–Trinajstić information content (AvgIpc) is 2.29. The van der Waals surface area contributed by atoms with E-state index in [2.05, 4.69) is 9.97 Å². The SMILES string of the molecule is CCc1cc(Cl)nc(-c2ccc(Cl)cc2)n1. The lowest BCUT2D eigenvalue weighted by molar-refractivity contribution is 1.01. The summed E-state index contributed by atoms with van der Waals surface area (Å²) in [6, 6.07) is 9.17. The number of halogens is 2. The highest BCUT2D eigenvalue weighted by atomic mass is 35.5. The molecule has 1 heterocycles. The molecule has 0 fully saturated rings. The van der Waals surface area contributed by atoms with Crippen molar-refractivity contribution in [1.29, 1.82) is 0 Å². The summed E-state index contributed by atoms with van der Waals surface area (Å²) in [4.78, 5) is 8.61. The number of aromatic nitrogens is 2. The van der Waals surface area contributed by atoms with E-state index in [0.717, 1.165) is 17.7 Å². The van der Waals surface area contributed by atoms with Crippen LogP contribution in [0, 0.1) is 0 Å². The fraction of sp³-hybridized carbons (Fsp3) is 0.167. The summed E-state index contributed by atoms with van der Waals surface area (Å²) < 4.78 is 0. The van der Waals surface area contributed by atoms with E-state index < -0.39 is 0 Å². The first-order valence-corrected chi connectivity index (χ1v) is 5.74. The number of hydrogen-bond donors (Lipinski definition) is 0. The van der Waals surface area contributed by atoms with Gasteiger partial charge in [0.2, 0.25) is 0 Å². The highest BCUT2D eigenvalue weighted by Gasteiger charge is 2.04. The standard InChI is InChI=1S/C12H10Cl2N2/c1-2-10-7-11(14)16-12(15-10)8-3-5-9(13)6-4-8/h3-7H,2H2,1H3. The first-order valence-electron chi connectivity index (χ1n) is 4.98. The van der Waals surface area contributed by atoms with Gasteiger partial charge in [0.05, 0.1) is 0 Å². The number of hydrogen-bond acceptors (Lipinski definition) is 2. The lowest BCUT2D eigenvalue weighted by Crippen LogP contribution is -1.94. The third-order valence-electron chi connectivity index (χ3n) is 2.21. The molecule has 2 nitrogen and oxygen atoms in total. The normalized spacial score (nSPS) is 10.4. The topological polar surface area (TPSA) is 25.8 Å². The van der Waals surface area contributed by atoms with Crippen molar-refractivity contribution < 1.29 is 0 Å². The van der Waals surface area contributed by atoms with Crippen LogP contribution in [0.4, 0.5) is 0 Å². The maximum Gasteiger partial charge on any atom is 0.161 e. The second kappa shape index (κ2) is 4.81. The zero-order valence-electron chi connectivity index (χ0n) is 8.74. The van der Waals surface area contributed by atoms with Crippen molar-refractivity contribution in [1.82, 2.24) is 9.97 Å². The van der Waals surface area contributed by atoms with Crippen LogP contribution in [-0.2, 0) is 6.42 Å². The van der Waals surface area contributed by atoms with E-state index in [9.17, 15) is 0 Å². The molecular weight excluding hydrogens is 243 g/mol. The average molecular weight is 253 g/mol. The maximum atomic E-state index is 5.93. The van der Waals surface area contributed by atoms with Gasteiger partial charge in [0.1, 0.15) is 5.15 Å². The van der Waals surface area contributed by atoms with E-state index in [1.54, 1.807) is 6.07 Å². The second-order valence-corrected chi connectivity index (χ2v) is 4.19. The molecule has 16 heavy (non-hydrogen) atoms. The van der Waals surface area contributed by atoms with Crippen LogP contribution in [0.5, 0.6) is 0 Å². The molecule has 0 aliphatic rings. The molecule has 0 saturated carbocycles. The summed E-state index contributed by atoms with van der Waals surface area (Å²) in [6.45, 7) is 2.03. The Labute approximate surface area is 104 Å². The van der Waals surface area contributed by atoms with Gasteiger partial charge < -0.3 is 0 Å². The number of aryl methyl sites for hydroxylation is 1. The predicted octanol–water partition coefficient (Wildman–Crippen LogP) is 4.01. The van der Waals surface area contributed by atoms with Crippen LogP contribution in [0.1, 0.15) is 12.6 Å². The molecule has 1 aromatic heterocycles. The molecule has 0 spiro atoms. The van der Waals surface area contributed by atoms with Crippen LogP contribution in [0.2, 0.25) is 10.2 Å². The van der Waals surface area contributed by atoms with Gasteiger partial charge in [-0.25, -0.2) is 9.97 Å². The van der Waals surface area contributed by atoms with Crippen LogP contribution in [-0.4, -0.2) is 9.97 Å². The Kier molecular flexibility index (Phi) is 3.42. The van der Waals surface area contributed by atoms with Crippen molar-refractivity contribution in [2.45, 2.75) is 13.3 Å². The lowest BCUT2D eigenvalue weighted by atomic mass is 10.2. The molecule has 2 aromatic rings. The number of benzene rings is 1. The molecule has 0 unspecified atom stereocenters. The van der Waals surface area contributed by atoms with Gasteiger partial charge in [-0.15, -0.1) is 0 Å². The Balaban J connectivity index is 2.47. The van der Waals surface area contributed by atoms with Gasteiger partial charge in [0.25, 0.3) is 0 Å². The zero-order valence-corrected chi connectivity index (χ0v) is 10.3. The van der Waals surface area contributed by atoms with Crippen LogP contribution in [0.3, 0.4) is 0 Å². The molecule has 0 bridgehead atoms. The van der Waals surface area contributed by atoms with E-state index >= 15 is 0 Å². The van der Waals surface area contributed by atoms with Crippen LogP contribution < -0.4 is 0 Å². The van der Waals surface area contributed by atoms with Crippen molar-refractivity contribution in [2.75, 3.05) is 0 Å². The quantitative estimate of drug-likeness (QED) is 0.755. The summed E-state index contributed by atoms with van der Waals surface area (Å²) >= 11 is 11.8. The number of nitrogens with zero attached hydrogens (tertiary/aromatic N) is 2. The van der Waals surface area contributed by atoms with Crippen LogP contribution >= 0.6 is 23.2 Å². The third-order valence-corrected chi connectivity index (χ3v) is 2.66. The van der Waals surface area contributed by atoms with Gasteiger partial charge in [0.15, 0.2) is 5.82 Å². The first-order chi connectivity index (χ1) is 7.69. The van der Waals surface area contributed by atoms with Gasteiger partial charge in [0, 0.05) is 16.3 Å². The minimum atomic E-state index is 0.469. The molecule has 82 valence electrons. The maximum absolute atomic E-state index is 5.93. The minimum absolute atomic E-state index is 0.469. The largest absolute Gasteiger partial charge is 0.233 e. The summed E-state index contributed by atoms with van der Waals surface area (Å²) in [6.07, 6.45) is 0.836. The lowest BCUT2D eigenvalue weighted by Gasteiger charge is -2.03. The monoisotopic (exact) mass is 252 g/mol. The molecule has 0 N–H and O–H groups in total. The van der Waals surface area contributed by atoms with Gasteiger partial charge in [-0.1, -0.05) is 30.1 Å². The summed E-state index contributed by atoms with van der Waals surface area (Å²) in [5.41, 5.74) is 1.85. The molecule has 0 saturated heterocycles. The Hall–Kier alpha value is -1.12. The van der Waals surface area contributed by atoms with E-state index in [1.807, 2.05) is 31.2 Å². The summed E-state index contributed by atoms with van der Waals surface area (Å²) in [7, 11) is 0. The van der Waals surface area contributed by atoms with E-state index in [1.165, 1.54) is 0 Å². The van der Waals surface area contributed by atoms with Crippen molar-refractivity contribution >= 4 is 23.2 Å². The Morgan fingerprint density at radius 3 is 2.38 bits per heavy atom. The second-order valence-electron chi connectivity index (χ2n) is 3.37. The molecule has 0 radical (unpaired) electrons. The van der Waals surface area contributed by atoms with E-state index in [0.29, 0.717) is 16.0 Å². The Bertz CT molecular complexity index is 495. The van der Waals surface area contributed by atoms with E-state index in [-0.39, 0.29) is 0 Å². The van der Waals surface area contributed by atoms with Crippen molar-refractivity contribution in [2.24, 2.45) is 0 Å². The molecule has 0 aliphatic heterocycles. The van der Waals surface area contributed by atoms with Gasteiger partial charge in [-0.2, -0.15) is 0 Å². The van der Waals surface area contributed by atoms with Crippen LogP contribution in [0.25, 0.3) is 11.4 Å². The van der Waals surface area contributed by atoms with Gasteiger partial charge in [-0.3, -0.25) is 0 Å². The first kappa shape index (κ1) is 11.4. The summed E-state index contributed by atoms with van der Waals surface area (Å²) in [5, 5.41) is 1.17. The highest BCUT2D eigenvalue weighted by Crippen LogP contribution is 2.20. The van der Waals surface area contributed by atoms with E-state index in [4.69, 9.17) is 23.2 Å². The summed E-state index contributed by atoms with van der Waals surface area (Å²) in [5.74, 6) is 0.640. The van der Waals surface area contributed by atoms with Crippen molar-refractivity contribution in [3.8, 4) is 11.4 Å². The zero-order chi connectivity index (χ0) is 11.5. The Morgan fingerprint density at radius 1 is 1.06 bits per heavy atom. The third kappa shape index (κ3) is 2.52. The molecule has 2 rings (SSSR count). The fourth-order valence-corrected chi connectivity index (χ4v) is 1.71. The molecule has 4 heteroatoms. The minimum Gasteiger partial charge on any atom is -0.233 e. The molecule has 1 aromatic carbocycles. The predicted molar refractivity (Wildman–Crippen MR) is 66.9 cm³/mol. The Morgan fingerprint density at radius 2 is 1.75 bits per heavy atom. The molecule has 0 amide bonds. The smallest absolute Gasteiger partial charge is 0.161 e. The fourth-order valence-electron chi connectivity index (χ4n) is 1.37. The van der Waals surface area contributed by atoms with Crippen molar-refractivity contribution in [3.05, 3.63) is 46.2 Å². The number of rotatable bonds is 2. The van der Waals surface area contributed by atoms with Crippen molar-refractivity contribution in [3.63, 3.8) is 0 Å². The van der Waals surface area contributed by atoms with Crippen LogP contribution in [0.15, 0.2) is 30.3 Å². The molecular formula is C12H10Cl2N2. The van der Waals surface area contributed by atoms with Gasteiger partial charge in [-0.05, 0) is 36.8 Å². The molecule has 0 atom stereocenters. The highest BCUT2D eigenvalue weighted by molar-refractivity contribution is 6.30. The van der Waals surface area contributed by atoms with Gasteiger partial charge >= 0.3 is 0 Å².